The molecule has 0 aliphatic carbocycles. The third-order valence-electron chi connectivity index (χ3n) is 7.19. The van der Waals surface area contributed by atoms with Gasteiger partial charge in [-0.15, -0.1) is 0 Å². The average Bonchev–Trinajstić information content (AvgIpc) is 3.50. The maximum Gasteiger partial charge on any atom is 0.259 e. The first-order valence-corrected chi connectivity index (χ1v) is 18.3. The molecule has 1 aliphatic heterocycles. The summed E-state index contributed by atoms with van der Waals surface area (Å²) in [5.74, 6) is -1.14. The summed E-state index contributed by atoms with van der Waals surface area (Å²) < 4.78 is 24.9. The molecule has 49 heavy (non-hydrogen) atoms. The summed E-state index contributed by atoms with van der Waals surface area (Å²) in [4.78, 5) is 61.8. The Labute approximate surface area is 292 Å². The third-order valence-corrected chi connectivity index (χ3v) is 9.30. The zero-order chi connectivity index (χ0) is 36.4. The van der Waals surface area contributed by atoms with Gasteiger partial charge in [0.05, 0.1) is 71.8 Å². The zero-order valence-corrected chi connectivity index (χ0v) is 30.8. The van der Waals surface area contributed by atoms with Crippen LogP contribution in [-0.4, -0.2) is 130 Å². The molecule has 17 heteroatoms. The zero-order valence-electron chi connectivity index (χ0n) is 29.9. The fourth-order valence-electron chi connectivity index (χ4n) is 4.77. The lowest BCUT2D eigenvalue weighted by Gasteiger charge is -2.35. The SMILES string of the molecule is CC(C)N(C(C)C)P(OCCC#N)OCCOCCOCCNC(=O)CNC(=O)CNC(=O)CNC(=O)CCCCC(=O)N1CC[C@H](C)C1. The van der Waals surface area contributed by atoms with Gasteiger partial charge in [-0.05, 0) is 52.9 Å². The smallest absolute Gasteiger partial charge is 0.259 e. The van der Waals surface area contributed by atoms with Crippen molar-refractivity contribution in [3.63, 3.8) is 0 Å². The molecule has 0 radical (unpaired) electrons. The summed E-state index contributed by atoms with van der Waals surface area (Å²) in [6.07, 6.45) is 3.10. The lowest BCUT2D eigenvalue weighted by atomic mass is 10.1. The van der Waals surface area contributed by atoms with Gasteiger partial charge in [-0.3, -0.25) is 24.0 Å². The summed E-state index contributed by atoms with van der Waals surface area (Å²) in [6, 6.07) is 2.51. The van der Waals surface area contributed by atoms with E-state index in [9.17, 15) is 24.0 Å². The van der Waals surface area contributed by atoms with Crippen LogP contribution in [-0.2, 0) is 42.5 Å². The minimum atomic E-state index is -1.31. The van der Waals surface area contributed by atoms with Crippen molar-refractivity contribution in [3.05, 3.63) is 0 Å². The molecular formula is C32H58N7O9P. The second-order valence-corrected chi connectivity index (χ2v) is 13.7. The van der Waals surface area contributed by atoms with Crippen LogP contribution in [0, 0.1) is 17.2 Å². The molecule has 0 aromatic rings. The number of nitrogens with one attached hydrogen (secondary N) is 4. The van der Waals surface area contributed by atoms with Gasteiger partial charge >= 0.3 is 0 Å². The predicted molar refractivity (Wildman–Crippen MR) is 184 cm³/mol. The molecule has 0 aromatic carbocycles. The van der Waals surface area contributed by atoms with E-state index in [1.165, 1.54) is 0 Å². The van der Waals surface area contributed by atoms with Crippen molar-refractivity contribution in [3.8, 4) is 6.07 Å². The van der Waals surface area contributed by atoms with E-state index in [1.54, 1.807) is 0 Å². The van der Waals surface area contributed by atoms with Crippen LogP contribution in [0.3, 0.4) is 0 Å². The van der Waals surface area contributed by atoms with Gasteiger partial charge in [0, 0.05) is 44.6 Å². The molecule has 1 heterocycles. The largest absolute Gasteiger partial charge is 0.377 e. The van der Waals surface area contributed by atoms with Crippen LogP contribution in [0.4, 0.5) is 0 Å². The fourth-order valence-corrected chi connectivity index (χ4v) is 6.34. The Morgan fingerprint density at radius 2 is 1.31 bits per heavy atom. The lowest BCUT2D eigenvalue weighted by molar-refractivity contribution is -0.130. The van der Waals surface area contributed by atoms with Crippen LogP contribution in [0.25, 0.3) is 0 Å². The highest BCUT2D eigenvalue weighted by Crippen LogP contribution is 2.45. The molecule has 0 saturated carbocycles. The molecule has 0 bridgehead atoms. The summed E-state index contributed by atoms with van der Waals surface area (Å²) in [7, 11) is -1.31. The normalized spacial score (nSPS) is 14.9. The van der Waals surface area contributed by atoms with E-state index in [1.807, 2.05) is 4.90 Å². The number of rotatable bonds is 27. The van der Waals surface area contributed by atoms with Gasteiger partial charge in [-0.1, -0.05) is 6.92 Å². The van der Waals surface area contributed by atoms with E-state index in [-0.39, 0.29) is 63.1 Å². The molecule has 0 aromatic heterocycles. The Balaban J connectivity index is 2.02. The number of hydrogen-bond donors (Lipinski definition) is 4. The van der Waals surface area contributed by atoms with Gasteiger partial charge in [0.1, 0.15) is 0 Å². The number of nitriles is 1. The van der Waals surface area contributed by atoms with Crippen LogP contribution in [0.15, 0.2) is 0 Å². The van der Waals surface area contributed by atoms with E-state index in [4.69, 9.17) is 23.8 Å². The Bertz CT molecular complexity index is 1040. The third kappa shape index (κ3) is 21.7. The fraction of sp³-hybridized carbons (Fsp3) is 0.812. The maximum absolute atomic E-state index is 12.1. The van der Waals surface area contributed by atoms with Crippen LogP contribution in [0.2, 0.25) is 0 Å². The summed E-state index contributed by atoms with van der Waals surface area (Å²) in [5.41, 5.74) is 0. The molecule has 280 valence electrons. The Kier molecular flexibility index (Phi) is 24.2. The van der Waals surface area contributed by atoms with Crippen molar-refractivity contribution in [2.24, 2.45) is 5.92 Å². The number of nitrogens with zero attached hydrogens (tertiary/aromatic N) is 3. The minimum absolute atomic E-state index is 0.122. The summed E-state index contributed by atoms with van der Waals surface area (Å²) in [5, 5.41) is 18.7. The molecule has 1 rings (SSSR count). The topological polar surface area (TPSA) is 201 Å². The predicted octanol–water partition coefficient (Wildman–Crippen LogP) is 1.21. The quantitative estimate of drug-likeness (QED) is 0.0704. The minimum Gasteiger partial charge on any atom is -0.377 e. The van der Waals surface area contributed by atoms with Crippen molar-refractivity contribution in [2.75, 3.05) is 78.9 Å². The average molecular weight is 716 g/mol. The molecule has 0 spiro atoms. The van der Waals surface area contributed by atoms with Crippen LogP contribution >= 0.6 is 8.53 Å². The van der Waals surface area contributed by atoms with Crippen molar-refractivity contribution in [1.29, 1.82) is 5.26 Å². The molecule has 5 amide bonds. The number of carbonyl (C=O) groups is 5. The first-order valence-electron chi connectivity index (χ1n) is 17.2. The highest BCUT2D eigenvalue weighted by molar-refractivity contribution is 7.44. The molecule has 4 N–H and O–H groups in total. The molecular weight excluding hydrogens is 657 g/mol. The number of likely N-dealkylation sites (tertiary alicyclic amines) is 1. The standard InChI is InChI=1S/C32H58N7O9P/c1-25(2)39(26(3)4)49(47-15-8-12-33)48-20-19-46-18-17-45-16-13-34-29(41)21-36-31(43)23-37-30(42)22-35-28(40)9-6-7-10-32(44)38-14-11-27(5)24-38/h25-27H,6-11,13-24H2,1-5H3,(H,34,41)(H,35,40)(H,36,43)(H,37,42)/t27-,49?/m0/s1. The molecule has 16 nitrogen and oxygen atoms in total. The monoisotopic (exact) mass is 715 g/mol. The van der Waals surface area contributed by atoms with Crippen LogP contribution in [0.5, 0.6) is 0 Å². The molecule has 1 aliphatic rings. The van der Waals surface area contributed by atoms with Crippen molar-refractivity contribution >= 4 is 38.1 Å². The van der Waals surface area contributed by atoms with E-state index >= 15 is 0 Å². The van der Waals surface area contributed by atoms with E-state index < -0.39 is 26.2 Å². The van der Waals surface area contributed by atoms with E-state index in [0.29, 0.717) is 64.6 Å². The van der Waals surface area contributed by atoms with Gasteiger partial charge < -0.3 is 44.7 Å². The number of hydrogen-bond acceptors (Lipinski definition) is 11. The van der Waals surface area contributed by atoms with Gasteiger partial charge in [-0.25, -0.2) is 4.67 Å². The first-order chi connectivity index (χ1) is 23.4. The number of unbranched alkanes of at least 4 members (excludes halogenated alkanes) is 1. The Hall–Kier alpha value is -2.93. The molecule has 1 unspecified atom stereocenters. The second-order valence-electron chi connectivity index (χ2n) is 12.2. The van der Waals surface area contributed by atoms with Crippen LogP contribution < -0.4 is 21.3 Å². The maximum atomic E-state index is 12.1. The first kappa shape index (κ1) is 44.1. The summed E-state index contributed by atoms with van der Waals surface area (Å²) in [6.45, 7) is 13.3. The van der Waals surface area contributed by atoms with Crippen molar-refractivity contribution in [1.82, 2.24) is 30.8 Å². The molecule has 1 saturated heterocycles. The highest BCUT2D eigenvalue weighted by atomic mass is 31.2. The molecule has 1 fully saturated rings. The van der Waals surface area contributed by atoms with Crippen LogP contribution in [0.1, 0.15) is 73.1 Å². The number of ether oxygens (including phenoxy) is 2. The van der Waals surface area contributed by atoms with Gasteiger partial charge in [0.15, 0.2) is 0 Å². The summed E-state index contributed by atoms with van der Waals surface area (Å²) >= 11 is 0. The van der Waals surface area contributed by atoms with Gasteiger partial charge in [0.25, 0.3) is 8.53 Å². The Morgan fingerprint density at radius 3 is 1.88 bits per heavy atom. The highest BCUT2D eigenvalue weighted by Gasteiger charge is 2.27. The Morgan fingerprint density at radius 1 is 0.776 bits per heavy atom. The van der Waals surface area contributed by atoms with E-state index in [0.717, 1.165) is 19.5 Å². The number of carbonyl (C=O) groups excluding carboxylic acids is 5. The molecule has 2 atom stereocenters. The van der Waals surface area contributed by atoms with Crippen molar-refractivity contribution in [2.45, 2.75) is 85.2 Å². The van der Waals surface area contributed by atoms with Gasteiger partial charge in [0.2, 0.25) is 29.5 Å². The number of amides is 5. The van der Waals surface area contributed by atoms with E-state index in [2.05, 4.69) is 66.6 Å². The van der Waals surface area contributed by atoms with Gasteiger partial charge in [-0.2, -0.15) is 5.26 Å². The van der Waals surface area contributed by atoms with Crippen molar-refractivity contribution < 1.29 is 42.5 Å². The second kappa shape index (κ2) is 26.9. The lowest BCUT2D eigenvalue weighted by Crippen LogP contribution is -2.44.